The summed E-state index contributed by atoms with van der Waals surface area (Å²) in [6, 6.07) is 2.96. The molecule has 2 aliphatic rings. The van der Waals surface area contributed by atoms with Gasteiger partial charge in [0.15, 0.2) is 6.20 Å². The van der Waals surface area contributed by atoms with Gasteiger partial charge < -0.3 is 15.0 Å². The van der Waals surface area contributed by atoms with E-state index in [-0.39, 0.29) is 23.7 Å². The van der Waals surface area contributed by atoms with Gasteiger partial charge in [-0.25, -0.2) is 0 Å². The first-order valence-electron chi connectivity index (χ1n) is 5.28. The molecule has 0 aromatic carbocycles. The van der Waals surface area contributed by atoms with Crippen LogP contribution in [0.2, 0.25) is 0 Å². The second-order valence-electron chi connectivity index (χ2n) is 4.13. The van der Waals surface area contributed by atoms with E-state index >= 15 is 0 Å². The maximum atomic E-state index is 11.9. The fourth-order valence-electron chi connectivity index (χ4n) is 2.34. The van der Waals surface area contributed by atoms with E-state index in [1.165, 1.54) is 12.3 Å². The van der Waals surface area contributed by atoms with Crippen molar-refractivity contribution in [3.05, 3.63) is 40.6 Å². The fourth-order valence-corrected chi connectivity index (χ4v) is 2.34. The van der Waals surface area contributed by atoms with Crippen molar-refractivity contribution < 1.29 is 9.72 Å². The minimum Gasteiger partial charge on any atom is -0.358 e. The summed E-state index contributed by atoms with van der Waals surface area (Å²) >= 11 is 0. The first-order valence-corrected chi connectivity index (χ1v) is 5.28. The van der Waals surface area contributed by atoms with Crippen LogP contribution >= 0.6 is 0 Å². The van der Waals surface area contributed by atoms with Crippen molar-refractivity contribution in [1.29, 1.82) is 0 Å². The molecule has 2 atom stereocenters. The molecule has 2 bridgehead atoms. The van der Waals surface area contributed by atoms with Gasteiger partial charge in [-0.15, -0.1) is 0 Å². The summed E-state index contributed by atoms with van der Waals surface area (Å²) < 4.78 is 0. The molecule has 6 nitrogen and oxygen atoms in total. The number of nitrogens with zero attached hydrogens (tertiary/aromatic N) is 3. The molecule has 0 saturated carbocycles. The van der Waals surface area contributed by atoms with Crippen molar-refractivity contribution in [3.63, 3.8) is 0 Å². The van der Waals surface area contributed by atoms with Crippen LogP contribution < -0.4 is 4.90 Å². The molecule has 0 radical (unpaired) electrons. The van der Waals surface area contributed by atoms with Gasteiger partial charge in [0, 0.05) is 6.07 Å². The number of anilines is 1. The molecule has 1 amide bonds. The molecule has 0 unspecified atom stereocenters. The van der Waals surface area contributed by atoms with Crippen LogP contribution in [0.1, 0.15) is 6.42 Å². The highest BCUT2D eigenvalue weighted by Crippen LogP contribution is 2.36. The zero-order chi connectivity index (χ0) is 12.0. The average Bonchev–Trinajstić information content (AvgIpc) is 2.89. The Bertz CT molecular complexity index is 523. The van der Waals surface area contributed by atoms with Crippen LogP contribution in [0.4, 0.5) is 11.5 Å². The van der Waals surface area contributed by atoms with E-state index in [4.69, 9.17) is 0 Å². The second-order valence-corrected chi connectivity index (χ2v) is 4.13. The van der Waals surface area contributed by atoms with E-state index in [2.05, 4.69) is 4.98 Å². The number of aromatic nitrogens is 1. The number of nitro groups is 1. The normalized spacial score (nSPS) is 25.6. The highest BCUT2D eigenvalue weighted by molar-refractivity contribution is 6.00. The number of rotatable bonds is 2. The molecule has 1 aliphatic heterocycles. The lowest BCUT2D eigenvalue weighted by Gasteiger charge is -2.22. The number of carbonyl (C=O) groups is 1. The van der Waals surface area contributed by atoms with Crippen LogP contribution in [-0.2, 0) is 4.79 Å². The lowest BCUT2D eigenvalue weighted by molar-refractivity contribution is -0.389. The molecule has 0 spiro atoms. The predicted octanol–water partition coefficient (Wildman–Crippen LogP) is 1.28. The van der Waals surface area contributed by atoms with Crippen molar-refractivity contribution in [1.82, 2.24) is 4.98 Å². The van der Waals surface area contributed by atoms with Crippen LogP contribution in [0.25, 0.3) is 0 Å². The smallest absolute Gasteiger partial charge is 0.358 e. The number of fused-ring (bicyclic) bond motifs is 2. The highest BCUT2D eigenvalue weighted by Gasteiger charge is 2.42. The molecule has 2 heterocycles. The first-order chi connectivity index (χ1) is 8.16. The topological polar surface area (TPSA) is 76.3 Å². The lowest BCUT2D eigenvalue weighted by Crippen LogP contribution is -2.34. The van der Waals surface area contributed by atoms with Crippen molar-refractivity contribution >= 4 is 17.4 Å². The van der Waals surface area contributed by atoms with Crippen LogP contribution in [0.3, 0.4) is 0 Å². The summed E-state index contributed by atoms with van der Waals surface area (Å²) in [7, 11) is 0. The number of hydrogen-bond acceptors (Lipinski definition) is 4. The summed E-state index contributed by atoms with van der Waals surface area (Å²) in [5.41, 5.74) is 0.623. The number of amides is 1. The summed E-state index contributed by atoms with van der Waals surface area (Å²) in [5.74, 6) is -0.190. The molecule has 86 valence electrons. The van der Waals surface area contributed by atoms with Crippen molar-refractivity contribution in [3.8, 4) is 0 Å². The highest BCUT2D eigenvalue weighted by atomic mass is 16.6. The Hall–Kier alpha value is -2.24. The monoisotopic (exact) mass is 231 g/mol. The van der Waals surface area contributed by atoms with Gasteiger partial charge in [0.1, 0.15) is 0 Å². The molecule has 1 fully saturated rings. The molecule has 1 aliphatic carbocycles. The minimum atomic E-state index is -0.554. The molecule has 0 N–H and O–H groups in total. The van der Waals surface area contributed by atoms with Gasteiger partial charge in [0.05, 0.1) is 17.6 Å². The zero-order valence-corrected chi connectivity index (χ0v) is 8.81. The molecular formula is C11H9N3O3. The van der Waals surface area contributed by atoms with Crippen molar-refractivity contribution in [2.45, 2.75) is 12.5 Å². The summed E-state index contributed by atoms with van der Waals surface area (Å²) in [5, 5.41) is 10.5. The minimum absolute atomic E-state index is 0.0322. The summed E-state index contributed by atoms with van der Waals surface area (Å²) in [6.45, 7) is 0. The van der Waals surface area contributed by atoms with Crippen molar-refractivity contribution in [2.75, 3.05) is 4.90 Å². The molecular weight excluding hydrogens is 222 g/mol. The third-order valence-corrected chi connectivity index (χ3v) is 3.14. The second kappa shape index (κ2) is 3.38. The van der Waals surface area contributed by atoms with E-state index in [1.807, 2.05) is 12.2 Å². The number of carbonyl (C=O) groups excluding carboxylic acids is 1. The lowest BCUT2D eigenvalue weighted by atomic mass is 10.1. The van der Waals surface area contributed by atoms with Crippen LogP contribution in [0, 0.1) is 16.0 Å². The van der Waals surface area contributed by atoms with Crippen LogP contribution in [0.5, 0.6) is 0 Å². The van der Waals surface area contributed by atoms with E-state index < -0.39 is 4.92 Å². The third kappa shape index (κ3) is 1.41. The van der Waals surface area contributed by atoms with Crippen LogP contribution in [0.15, 0.2) is 30.5 Å². The molecule has 1 aromatic heterocycles. The summed E-state index contributed by atoms with van der Waals surface area (Å²) in [6.07, 6.45) is 6.09. The Labute approximate surface area is 96.7 Å². The van der Waals surface area contributed by atoms with Gasteiger partial charge in [0.25, 0.3) is 0 Å². The maximum absolute atomic E-state index is 11.9. The SMILES string of the molecule is O=C1[C@@H]2C=C[C@@H](C2)N1c1ccc([N+](=O)[O-])nc1. The van der Waals surface area contributed by atoms with Gasteiger partial charge in [-0.2, -0.15) is 0 Å². The van der Waals surface area contributed by atoms with E-state index in [9.17, 15) is 14.9 Å². The third-order valence-electron chi connectivity index (χ3n) is 3.14. The zero-order valence-electron chi connectivity index (χ0n) is 8.81. The Morgan fingerprint density at radius 1 is 1.41 bits per heavy atom. The molecule has 1 saturated heterocycles. The fraction of sp³-hybridized carbons (Fsp3) is 0.273. The Balaban J connectivity index is 1.93. The molecule has 6 heteroatoms. The average molecular weight is 231 g/mol. The Morgan fingerprint density at radius 2 is 2.24 bits per heavy atom. The summed E-state index contributed by atoms with van der Waals surface area (Å²) in [4.78, 5) is 27.2. The predicted molar refractivity (Wildman–Crippen MR) is 59.4 cm³/mol. The van der Waals surface area contributed by atoms with E-state index in [1.54, 1.807) is 11.0 Å². The largest absolute Gasteiger partial charge is 0.363 e. The number of pyridine rings is 1. The molecule has 17 heavy (non-hydrogen) atoms. The quantitative estimate of drug-likeness (QED) is 0.436. The van der Waals surface area contributed by atoms with Crippen molar-refractivity contribution in [2.24, 2.45) is 5.92 Å². The van der Waals surface area contributed by atoms with Gasteiger partial charge in [0.2, 0.25) is 5.91 Å². The number of hydrogen-bond donors (Lipinski definition) is 0. The maximum Gasteiger partial charge on any atom is 0.363 e. The molecule has 1 aromatic rings. The Morgan fingerprint density at radius 3 is 2.76 bits per heavy atom. The van der Waals surface area contributed by atoms with E-state index in [0.717, 1.165) is 6.42 Å². The molecule has 3 rings (SSSR count). The first kappa shape index (κ1) is 9.95. The Kier molecular flexibility index (Phi) is 1.98. The van der Waals surface area contributed by atoms with Gasteiger partial charge in [-0.3, -0.25) is 4.79 Å². The standard InChI is InChI=1S/C11H9N3O3/c15-11-7-1-2-8(5-7)13(11)9-3-4-10(12-6-9)14(16)17/h1-4,6-8H,5H2/t7-,8+/m1/s1. The van der Waals surface area contributed by atoms with Gasteiger partial charge in [-0.05, 0) is 22.4 Å². The van der Waals surface area contributed by atoms with Gasteiger partial charge >= 0.3 is 5.82 Å². The van der Waals surface area contributed by atoms with E-state index in [0.29, 0.717) is 5.69 Å². The van der Waals surface area contributed by atoms with Crippen LogP contribution in [-0.4, -0.2) is 21.9 Å². The van der Waals surface area contributed by atoms with Gasteiger partial charge in [-0.1, -0.05) is 12.2 Å².